The predicted octanol–water partition coefficient (Wildman–Crippen LogP) is 3.08. The Kier molecular flexibility index (Phi) is 3.69. The second kappa shape index (κ2) is 5.85. The predicted molar refractivity (Wildman–Crippen MR) is 89.3 cm³/mol. The van der Waals surface area contributed by atoms with Gasteiger partial charge < -0.3 is 14.6 Å². The van der Waals surface area contributed by atoms with Gasteiger partial charge in [0.15, 0.2) is 5.76 Å². The molecule has 1 unspecified atom stereocenters. The molecule has 2 aromatic rings. The number of nitrogens with one attached hydrogen (secondary N) is 1. The van der Waals surface area contributed by atoms with Crippen LogP contribution in [0.15, 0.2) is 40.8 Å². The molecule has 1 aromatic heterocycles. The highest BCUT2D eigenvalue weighted by Crippen LogP contribution is 2.27. The van der Waals surface area contributed by atoms with E-state index in [0.29, 0.717) is 5.76 Å². The Hall–Kier alpha value is -2.07. The number of piperidine rings is 1. The van der Waals surface area contributed by atoms with E-state index in [-0.39, 0.29) is 11.9 Å². The number of nitrogens with zero attached hydrogens (tertiary/aromatic N) is 1. The molecule has 2 aliphatic rings. The molecule has 3 atom stereocenters. The molecular formula is C19H22N2O2. The van der Waals surface area contributed by atoms with Crippen LogP contribution in [-0.4, -0.2) is 36.5 Å². The molecule has 1 N–H and O–H groups in total. The van der Waals surface area contributed by atoms with Gasteiger partial charge in [0.25, 0.3) is 5.91 Å². The van der Waals surface area contributed by atoms with Crippen molar-refractivity contribution in [3.8, 4) is 11.3 Å². The molecule has 0 aliphatic carbocycles. The summed E-state index contributed by atoms with van der Waals surface area (Å²) >= 11 is 0. The van der Waals surface area contributed by atoms with Crippen LogP contribution in [0.4, 0.5) is 0 Å². The molecule has 3 heterocycles. The number of rotatable bonds is 3. The van der Waals surface area contributed by atoms with Gasteiger partial charge in [-0.1, -0.05) is 23.8 Å². The Morgan fingerprint density at radius 2 is 2.17 bits per heavy atom. The third-order valence-corrected chi connectivity index (χ3v) is 4.93. The molecule has 120 valence electrons. The van der Waals surface area contributed by atoms with E-state index in [0.717, 1.165) is 30.2 Å². The molecular weight excluding hydrogens is 288 g/mol. The summed E-state index contributed by atoms with van der Waals surface area (Å²) in [5.74, 6) is 1.78. The Labute approximate surface area is 136 Å². The summed E-state index contributed by atoms with van der Waals surface area (Å²) in [6.45, 7) is 5.39. The minimum absolute atomic E-state index is 0.101. The van der Waals surface area contributed by atoms with Gasteiger partial charge in [-0.3, -0.25) is 4.79 Å². The molecule has 1 aromatic carbocycles. The molecule has 2 saturated heterocycles. The summed E-state index contributed by atoms with van der Waals surface area (Å²) in [6.07, 6.45) is 2.36. The van der Waals surface area contributed by atoms with Crippen molar-refractivity contribution in [2.75, 3.05) is 19.6 Å². The van der Waals surface area contributed by atoms with Crippen molar-refractivity contribution >= 4 is 5.91 Å². The van der Waals surface area contributed by atoms with Crippen LogP contribution < -0.4 is 5.32 Å². The first-order chi connectivity index (χ1) is 11.2. The molecule has 0 spiro atoms. The Balaban J connectivity index is 1.45. The highest BCUT2D eigenvalue weighted by atomic mass is 16.3. The molecule has 1 amide bonds. The quantitative estimate of drug-likeness (QED) is 0.947. The molecule has 2 aliphatic heterocycles. The van der Waals surface area contributed by atoms with Gasteiger partial charge in [-0.15, -0.1) is 0 Å². The van der Waals surface area contributed by atoms with Crippen molar-refractivity contribution in [2.24, 2.45) is 5.92 Å². The first kappa shape index (κ1) is 14.5. The van der Waals surface area contributed by atoms with Gasteiger partial charge in [0.1, 0.15) is 5.76 Å². The fourth-order valence-corrected chi connectivity index (χ4v) is 3.83. The van der Waals surface area contributed by atoms with Crippen LogP contribution in [0.25, 0.3) is 11.3 Å². The molecule has 4 heteroatoms. The van der Waals surface area contributed by atoms with Gasteiger partial charge in [0.05, 0.1) is 0 Å². The van der Waals surface area contributed by atoms with Crippen molar-refractivity contribution in [2.45, 2.75) is 25.8 Å². The maximum Gasteiger partial charge on any atom is 0.287 e. The molecule has 2 fully saturated rings. The number of furan rings is 1. The number of carbonyl (C=O) groups is 1. The summed E-state index contributed by atoms with van der Waals surface area (Å²) < 4.78 is 5.77. The summed E-state index contributed by atoms with van der Waals surface area (Å²) in [5.41, 5.74) is 2.18. The summed E-state index contributed by atoms with van der Waals surface area (Å²) in [5, 5.41) is 3.14. The monoisotopic (exact) mass is 310 g/mol. The van der Waals surface area contributed by atoms with Gasteiger partial charge in [-0.25, -0.2) is 0 Å². The van der Waals surface area contributed by atoms with Crippen LogP contribution in [-0.2, 0) is 0 Å². The molecule has 23 heavy (non-hydrogen) atoms. The minimum Gasteiger partial charge on any atom is -0.451 e. The van der Waals surface area contributed by atoms with E-state index >= 15 is 0 Å². The second-order valence-corrected chi connectivity index (χ2v) is 6.85. The van der Waals surface area contributed by atoms with E-state index in [9.17, 15) is 4.79 Å². The maximum atomic E-state index is 12.4. The summed E-state index contributed by atoms with van der Waals surface area (Å²) in [7, 11) is 0. The SMILES string of the molecule is Cc1cccc(-c2ccc(C(=O)N[C@@H]3C[C@H]4CCN(C4)C3)o2)c1. The van der Waals surface area contributed by atoms with E-state index in [1.54, 1.807) is 6.07 Å². The highest BCUT2D eigenvalue weighted by molar-refractivity contribution is 5.92. The zero-order valence-electron chi connectivity index (χ0n) is 13.4. The lowest BCUT2D eigenvalue weighted by atomic mass is 9.97. The van der Waals surface area contributed by atoms with Crippen molar-refractivity contribution in [1.29, 1.82) is 0 Å². The van der Waals surface area contributed by atoms with Crippen molar-refractivity contribution in [1.82, 2.24) is 10.2 Å². The minimum atomic E-state index is -0.101. The molecule has 0 radical (unpaired) electrons. The maximum absolute atomic E-state index is 12.4. The molecule has 0 saturated carbocycles. The topological polar surface area (TPSA) is 45.5 Å². The van der Waals surface area contributed by atoms with E-state index in [1.165, 1.54) is 25.1 Å². The lowest BCUT2D eigenvalue weighted by molar-refractivity contribution is 0.0882. The third-order valence-electron chi connectivity index (χ3n) is 4.93. The Morgan fingerprint density at radius 1 is 1.26 bits per heavy atom. The molecule has 4 rings (SSSR count). The zero-order valence-corrected chi connectivity index (χ0v) is 13.4. The second-order valence-electron chi connectivity index (χ2n) is 6.85. The molecule has 4 nitrogen and oxygen atoms in total. The fourth-order valence-electron chi connectivity index (χ4n) is 3.83. The first-order valence-electron chi connectivity index (χ1n) is 8.37. The normalized spacial score (nSPS) is 26.2. The standard InChI is InChI=1S/C19H22N2O2/c1-13-3-2-4-15(9-13)17-5-6-18(23-17)19(22)20-16-10-14-7-8-21(11-14)12-16/h2-6,9,14,16H,7-8,10-12H2,1H3,(H,20,22)/t14-,16-/m1/s1. The van der Waals surface area contributed by atoms with Crippen molar-refractivity contribution in [3.05, 3.63) is 47.7 Å². The van der Waals surface area contributed by atoms with E-state index in [2.05, 4.69) is 16.3 Å². The van der Waals surface area contributed by atoms with Crippen LogP contribution in [0.1, 0.15) is 29.0 Å². The smallest absolute Gasteiger partial charge is 0.287 e. The number of hydrogen-bond acceptors (Lipinski definition) is 3. The number of hydrogen-bond donors (Lipinski definition) is 1. The Morgan fingerprint density at radius 3 is 3.00 bits per heavy atom. The van der Waals surface area contributed by atoms with Crippen LogP contribution in [0.2, 0.25) is 0 Å². The van der Waals surface area contributed by atoms with Gasteiger partial charge in [0, 0.05) is 24.7 Å². The number of fused-ring (bicyclic) bond motifs is 2. The van der Waals surface area contributed by atoms with Gasteiger partial charge in [-0.2, -0.15) is 0 Å². The lowest BCUT2D eigenvalue weighted by Gasteiger charge is -2.30. The molecule has 2 bridgehead atoms. The number of benzene rings is 1. The largest absolute Gasteiger partial charge is 0.451 e. The fraction of sp³-hybridized carbons (Fsp3) is 0.421. The highest BCUT2D eigenvalue weighted by Gasteiger charge is 2.33. The van der Waals surface area contributed by atoms with Crippen molar-refractivity contribution in [3.63, 3.8) is 0 Å². The number of amides is 1. The Bertz CT molecular complexity index is 710. The van der Waals surface area contributed by atoms with E-state index in [1.807, 2.05) is 31.2 Å². The van der Waals surface area contributed by atoms with E-state index < -0.39 is 0 Å². The summed E-state index contributed by atoms with van der Waals surface area (Å²) in [6, 6.07) is 12.0. The van der Waals surface area contributed by atoms with Crippen LogP contribution in [0.3, 0.4) is 0 Å². The zero-order chi connectivity index (χ0) is 15.8. The van der Waals surface area contributed by atoms with Crippen LogP contribution in [0.5, 0.6) is 0 Å². The van der Waals surface area contributed by atoms with Crippen molar-refractivity contribution < 1.29 is 9.21 Å². The average Bonchev–Trinajstić information content (AvgIpc) is 3.14. The lowest BCUT2D eigenvalue weighted by Crippen LogP contribution is -2.46. The van der Waals surface area contributed by atoms with Gasteiger partial charge in [-0.05, 0) is 50.4 Å². The average molecular weight is 310 g/mol. The first-order valence-corrected chi connectivity index (χ1v) is 8.37. The van der Waals surface area contributed by atoms with E-state index in [4.69, 9.17) is 4.42 Å². The summed E-state index contributed by atoms with van der Waals surface area (Å²) in [4.78, 5) is 14.9. The van der Waals surface area contributed by atoms with Gasteiger partial charge in [0.2, 0.25) is 0 Å². The van der Waals surface area contributed by atoms with Crippen LogP contribution in [0, 0.1) is 12.8 Å². The van der Waals surface area contributed by atoms with Gasteiger partial charge >= 0.3 is 0 Å². The third kappa shape index (κ3) is 3.04. The number of aryl methyl sites for hydroxylation is 1. The number of carbonyl (C=O) groups excluding carboxylic acids is 1. The van der Waals surface area contributed by atoms with Crippen LogP contribution >= 0.6 is 0 Å².